The van der Waals surface area contributed by atoms with Crippen LogP contribution < -0.4 is 0 Å². The minimum absolute atomic E-state index is 0.872. The van der Waals surface area contributed by atoms with E-state index in [1.165, 1.54) is 0 Å². The van der Waals surface area contributed by atoms with E-state index in [4.69, 9.17) is 0 Å². The molecule has 0 atom stereocenters. The van der Waals surface area contributed by atoms with Crippen molar-refractivity contribution in [1.29, 1.82) is 0 Å². The van der Waals surface area contributed by atoms with E-state index in [0.29, 0.717) is 0 Å². The average Bonchev–Trinajstić information content (AvgIpc) is 2.16. The van der Waals surface area contributed by atoms with Crippen LogP contribution in [-0.4, -0.2) is 56.5 Å². The fourth-order valence-corrected chi connectivity index (χ4v) is 563. The molecular weight excluding hydrogens is 795 g/mol. The Bertz CT molecular complexity index is 105. The molecule has 0 saturated carbocycles. The van der Waals surface area contributed by atoms with Gasteiger partial charge in [0, 0.05) is 0 Å². The molecule has 1 aliphatic heterocycles. The van der Waals surface area contributed by atoms with Gasteiger partial charge in [0.1, 0.15) is 0 Å². The second kappa shape index (κ2) is 7.89. The zero-order valence-corrected chi connectivity index (χ0v) is 20.6. The van der Waals surface area contributed by atoms with E-state index in [9.17, 15) is 0 Å². The van der Waals surface area contributed by atoms with Crippen LogP contribution >= 0.6 is 15.8 Å². The van der Waals surface area contributed by atoms with Gasteiger partial charge < -0.3 is 0 Å². The number of rotatable bonds is 3. The van der Waals surface area contributed by atoms with Crippen LogP contribution in [0.2, 0.25) is 12.4 Å². The van der Waals surface area contributed by atoms with Crippen molar-refractivity contribution in [2.24, 2.45) is 0 Å². The Morgan fingerprint density at radius 3 is 1.08 bits per heavy atom. The summed E-state index contributed by atoms with van der Waals surface area (Å²) in [5, 5.41) is 7.90. The molecular formula is C6H15Bi3S3. The predicted molar refractivity (Wildman–Crippen MR) is 71.5 cm³/mol. The summed E-state index contributed by atoms with van der Waals surface area (Å²) < 4.78 is 4.88. The first-order valence-electron chi connectivity index (χ1n) is 4.17. The molecule has 0 spiro atoms. The molecule has 0 N–H and O–H groups in total. The number of hydrogen-bond acceptors (Lipinski definition) is 3. The van der Waals surface area contributed by atoms with Crippen molar-refractivity contribution in [2.75, 3.05) is 0 Å². The second-order valence-electron chi connectivity index (χ2n) is 2.19. The van der Waals surface area contributed by atoms with Crippen molar-refractivity contribution in [2.45, 2.75) is 33.2 Å². The van der Waals surface area contributed by atoms with Gasteiger partial charge in [-0.15, -0.1) is 0 Å². The predicted octanol–water partition coefficient (Wildman–Crippen LogP) is 3.72. The van der Waals surface area contributed by atoms with Crippen LogP contribution in [0.5, 0.6) is 0 Å². The Kier molecular flexibility index (Phi) is 9.05. The van der Waals surface area contributed by atoms with Gasteiger partial charge in [0.2, 0.25) is 0 Å². The van der Waals surface area contributed by atoms with Crippen molar-refractivity contribution in [1.82, 2.24) is 0 Å². The van der Waals surface area contributed by atoms with E-state index < -0.39 is 56.5 Å². The fourth-order valence-electron chi connectivity index (χ4n) is 0.696. The Morgan fingerprint density at radius 1 is 0.667 bits per heavy atom. The standard InChI is InChI=1S/3C2H5.3Bi.3S/c3*1-2;;;;;;/h3*1H2,2H3;;;;;;. The molecule has 72 valence electrons. The van der Waals surface area contributed by atoms with E-state index in [-0.39, 0.29) is 0 Å². The van der Waals surface area contributed by atoms with E-state index in [1.807, 2.05) is 0 Å². The molecule has 0 amide bonds. The Labute approximate surface area is 103 Å². The van der Waals surface area contributed by atoms with E-state index >= 15 is 0 Å². The zero-order chi connectivity index (χ0) is 8.97. The molecule has 1 rings (SSSR count). The molecule has 0 unspecified atom stereocenters. The van der Waals surface area contributed by atoms with Crippen LogP contribution in [0.15, 0.2) is 0 Å². The van der Waals surface area contributed by atoms with Crippen molar-refractivity contribution >= 4 is 72.3 Å². The molecule has 0 aliphatic carbocycles. The molecule has 1 heterocycles. The maximum atomic E-state index is 2.63. The van der Waals surface area contributed by atoms with Gasteiger partial charge in [-0.05, 0) is 0 Å². The molecule has 12 heavy (non-hydrogen) atoms. The van der Waals surface area contributed by atoms with Crippen LogP contribution in [0.1, 0.15) is 20.8 Å². The molecule has 0 nitrogen and oxygen atoms in total. The van der Waals surface area contributed by atoms with Gasteiger partial charge in [-0.3, -0.25) is 0 Å². The van der Waals surface area contributed by atoms with Crippen molar-refractivity contribution in [3.8, 4) is 0 Å². The molecule has 0 radical (unpaired) electrons. The third kappa shape index (κ3) is 4.69. The molecule has 0 bridgehead atoms. The summed E-state index contributed by atoms with van der Waals surface area (Å²) in [6.45, 7) is 7.38. The van der Waals surface area contributed by atoms with Crippen LogP contribution in [-0.2, 0) is 0 Å². The Hall–Kier alpha value is 3.70. The van der Waals surface area contributed by atoms with Gasteiger partial charge in [0.05, 0.1) is 0 Å². The summed E-state index contributed by atoms with van der Waals surface area (Å²) in [7, 11) is 0. The van der Waals surface area contributed by atoms with E-state index in [2.05, 4.69) is 36.6 Å². The SMILES string of the molecule is C[CH2][Bi]1[S][Bi]([CH2]C)[S][Bi]([CH2]C)[S]1. The molecule has 0 aromatic heterocycles. The van der Waals surface area contributed by atoms with Gasteiger partial charge in [0.25, 0.3) is 0 Å². The van der Waals surface area contributed by atoms with Crippen LogP contribution in [0.25, 0.3) is 0 Å². The summed E-state index contributed by atoms with van der Waals surface area (Å²) in [4.78, 5) is 0. The van der Waals surface area contributed by atoms with Crippen molar-refractivity contribution in [3.63, 3.8) is 0 Å². The molecule has 0 aromatic carbocycles. The minimum atomic E-state index is -0.872. The summed E-state index contributed by atoms with van der Waals surface area (Å²) in [5.41, 5.74) is 0. The second-order valence-corrected chi connectivity index (χ2v) is 103. The van der Waals surface area contributed by atoms with Gasteiger partial charge in [-0.2, -0.15) is 0 Å². The zero-order valence-electron chi connectivity index (χ0n) is 7.69. The fraction of sp³-hybridized carbons (Fsp3) is 1.00. The van der Waals surface area contributed by atoms with Crippen molar-refractivity contribution in [3.05, 3.63) is 0 Å². The van der Waals surface area contributed by atoms with E-state index in [0.717, 1.165) is 0 Å². The van der Waals surface area contributed by atoms with Crippen molar-refractivity contribution < 1.29 is 0 Å². The first-order valence-corrected chi connectivity index (χ1v) is 39.3. The average molecular weight is 810 g/mol. The summed E-state index contributed by atoms with van der Waals surface area (Å²) >= 11 is -2.62. The Balaban J connectivity index is 2.41. The molecule has 6 heteroatoms. The topological polar surface area (TPSA) is 0 Å². The maximum absolute atomic E-state index is 2.63. The third-order valence-electron chi connectivity index (χ3n) is 1.32. The summed E-state index contributed by atoms with van der Waals surface area (Å²) in [5.74, 6) is 0. The van der Waals surface area contributed by atoms with Gasteiger partial charge in [0.15, 0.2) is 0 Å². The molecule has 0 aromatic rings. The first kappa shape index (κ1) is 13.8. The summed E-state index contributed by atoms with van der Waals surface area (Å²) in [6.07, 6.45) is 0. The Morgan fingerprint density at radius 2 is 0.917 bits per heavy atom. The van der Waals surface area contributed by atoms with Crippen LogP contribution in [0.3, 0.4) is 0 Å². The molecule has 1 fully saturated rings. The van der Waals surface area contributed by atoms with Gasteiger partial charge >= 0.3 is 105 Å². The first-order chi connectivity index (χ1) is 5.80. The summed E-state index contributed by atoms with van der Waals surface area (Å²) in [6, 6.07) is 0. The number of hydrogen-bond donors (Lipinski definition) is 0. The molecule has 1 aliphatic rings. The van der Waals surface area contributed by atoms with Crippen LogP contribution in [0.4, 0.5) is 0 Å². The quantitative estimate of drug-likeness (QED) is 0.400. The van der Waals surface area contributed by atoms with Crippen LogP contribution in [0, 0.1) is 0 Å². The molecule has 1 saturated heterocycles. The third-order valence-corrected chi connectivity index (χ3v) is 239. The normalized spacial score (nSPS) is 23.2. The monoisotopic (exact) mass is 810 g/mol. The van der Waals surface area contributed by atoms with Gasteiger partial charge in [-0.1, -0.05) is 0 Å². The van der Waals surface area contributed by atoms with E-state index in [1.54, 1.807) is 12.4 Å². The van der Waals surface area contributed by atoms with Gasteiger partial charge in [-0.25, -0.2) is 0 Å².